The molecule has 102 valence electrons. The van der Waals surface area contributed by atoms with Gasteiger partial charge >= 0.3 is 0 Å². The number of nitrogens with one attached hydrogen (secondary N) is 1. The number of nitrogens with zero attached hydrogens (tertiary/aromatic N) is 1. The fraction of sp³-hybridized carbons (Fsp3) is 0.417. The quantitative estimate of drug-likeness (QED) is 0.827. The zero-order valence-corrected chi connectivity index (χ0v) is 11.9. The van der Waals surface area contributed by atoms with Crippen molar-refractivity contribution < 1.29 is 8.42 Å². The van der Waals surface area contributed by atoms with Gasteiger partial charge < -0.3 is 11.1 Å². The Morgan fingerprint density at radius 1 is 1.42 bits per heavy atom. The van der Waals surface area contributed by atoms with Crippen LogP contribution in [-0.2, 0) is 9.84 Å². The van der Waals surface area contributed by atoms with E-state index in [1.54, 1.807) is 0 Å². The monoisotopic (exact) mass is 297 g/mol. The van der Waals surface area contributed by atoms with Gasteiger partial charge in [0.1, 0.15) is 0 Å². The zero-order chi connectivity index (χ0) is 13.5. The van der Waals surface area contributed by atoms with Crippen LogP contribution >= 0.6 is 11.3 Å². The lowest BCUT2D eigenvalue weighted by Gasteiger charge is -2.22. The smallest absolute Gasteiger partial charge is 0.184 e. The standard InChI is InChI=1S/C12H15N3O2S2/c13-8-3-4-10-11(6-8)18-12(15-10)14-9-2-1-5-19(16,17)7-9/h3-4,6,9H,1-2,5,7,13H2,(H,14,15). The molecule has 2 aromatic rings. The minimum absolute atomic E-state index is 0.0309. The van der Waals surface area contributed by atoms with E-state index in [1.807, 2.05) is 18.2 Å². The van der Waals surface area contributed by atoms with Crippen molar-refractivity contribution in [1.82, 2.24) is 4.98 Å². The SMILES string of the molecule is Nc1ccc2nc(NC3CCCS(=O)(=O)C3)sc2c1. The largest absolute Gasteiger partial charge is 0.399 e. The molecule has 1 aliphatic rings. The third-order valence-electron chi connectivity index (χ3n) is 3.20. The molecule has 3 N–H and O–H groups in total. The fourth-order valence-corrected chi connectivity index (χ4v) is 4.94. The number of nitrogens with two attached hydrogens (primary N) is 1. The van der Waals surface area contributed by atoms with Crippen LogP contribution in [0.3, 0.4) is 0 Å². The number of aromatic nitrogens is 1. The van der Waals surface area contributed by atoms with Crippen molar-refractivity contribution in [2.75, 3.05) is 22.6 Å². The Morgan fingerprint density at radius 3 is 3.05 bits per heavy atom. The van der Waals surface area contributed by atoms with Gasteiger partial charge in [-0.2, -0.15) is 0 Å². The molecule has 1 aromatic carbocycles. The molecule has 0 radical (unpaired) electrons. The van der Waals surface area contributed by atoms with Gasteiger partial charge in [-0.3, -0.25) is 0 Å². The van der Waals surface area contributed by atoms with Crippen molar-refractivity contribution in [2.24, 2.45) is 0 Å². The third-order valence-corrected chi connectivity index (χ3v) is 5.97. The van der Waals surface area contributed by atoms with E-state index in [-0.39, 0.29) is 11.8 Å². The zero-order valence-electron chi connectivity index (χ0n) is 10.3. The van der Waals surface area contributed by atoms with Crippen molar-refractivity contribution in [3.05, 3.63) is 18.2 Å². The fourth-order valence-electron chi connectivity index (χ4n) is 2.31. The summed E-state index contributed by atoms with van der Waals surface area (Å²) >= 11 is 1.51. The highest BCUT2D eigenvalue weighted by Gasteiger charge is 2.25. The highest BCUT2D eigenvalue weighted by Crippen LogP contribution is 2.29. The number of thiazole rings is 1. The Morgan fingerprint density at radius 2 is 2.26 bits per heavy atom. The van der Waals surface area contributed by atoms with Crippen LogP contribution in [0.25, 0.3) is 10.2 Å². The number of nitrogen functional groups attached to an aromatic ring is 1. The van der Waals surface area contributed by atoms with Crippen LogP contribution in [0.15, 0.2) is 18.2 Å². The number of hydrogen-bond acceptors (Lipinski definition) is 6. The van der Waals surface area contributed by atoms with E-state index >= 15 is 0 Å². The molecule has 1 fully saturated rings. The summed E-state index contributed by atoms with van der Waals surface area (Å²) < 4.78 is 24.2. The summed E-state index contributed by atoms with van der Waals surface area (Å²) in [6.07, 6.45) is 1.59. The van der Waals surface area contributed by atoms with Crippen LogP contribution in [-0.4, -0.2) is 30.9 Å². The highest BCUT2D eigenvalue weighted by molar-refractivity contribution is 7.91. The van der Waals surface area contributed by atoms with Crippen LogP contribution in [0, 0.1) is 0 Å². The van der Waals surface area contributed by atoms with Crippen molar-refractivity contribution in [3.63, 3.8) is 0 Å². The second-order valence-electron chi connectivity index (χ2n) is 4.84. The van der Waals surface area contributed by atoms with Crippen LogP contribution in [0.1, 0.15) is 12.8 Å². The molecule has 0 bridgehead atoms. The molecule has 3 rings (SSSR count). The van der Waals surface area contributed by atoms with E-state index in [0.29, 0.717) is 11.4 Å². The number of fused-ring (bicyclic) bond motifs is 1. The van der Waals surface area contributed by atoms with Crippen molar-refractivity contribution in [3.8, 4) is 0 Å². The molecule has 0 amide bonds. The van der Waals surface area contributed by atoms with E-state index in [4.69, 9.17) is 5.73 Å². The average Bonchev–Trinajstić information content (AvgIpc) is 2.68. The van der Waals surface area contributed by atoms with Gasteiger partial charge in [0, 0.05) is 11.7 Å². The molecule has 0 saturated carbocycles. The van der Waals surface area contributed by atoms with Crippen molar-refractivity contribution in [1.29, 1.82) is 0 Å². The summed E-state index contributed by atoms with van der Waals surface area (Å²) in [5.74, 6) is 0.507. The number of benzene rings is 1. The Balaban J connectivity index is 1.81. The summed E-state index contributed by atoms with van der Waals surface area (Å²) in [5.41, 5.74) is 7.33. The van der Waals surface area contributed by atoms with Gasteiger partial charge in [0.05, 0.1) is 21.7 Å². The molecule has 1 aromatic heterocycles. The molecule has 1 unspecified atom stereocenters. The maximum atomic E-state index is 11.6. The second-order valence-corrected chi connectivity index (χ2v) is 8.10. The summed E-state index contributed by atoms with van der Waals surface area (Å²) in [4.78, 5) is 4.45. The maximum absolute atomic E-state index is 11.6. The molecular formula is C12H15N3O2S2. The first-order chi connectivity index (χ1) is 9.02. The minimum Gasteiger partial charge on any atom is -0.399 e. The lowest BCUT2D eigenvalue weighted by atomic mass is 10.2. The highest BCUT2D eigenvalue weighted by atomic mass is 32.2. The molecule has 5 nitrogen and oxygen atoms in total. The molecule has 0 aliphatic carbocycles. The molecule has 1 aliphatic heterocycles. The van der Waals surface area contributed by atoms with Gasteiger partial charge in [0.2, 0.25) is 0 Å². The van der Waals surface area contributed by atoms with Gasteiger partial charge in [-0.1, -0.05) is 11.3 Å². The predicted octanol–water partition coefficient (Wildman–Crippen LogP) is 1.87. The summed E-state index contributed by atoms with van der Waals surface area (Å²) in [6, 6.07) is 5.55. The van der Waals surface area contributed by atoms with Gasteiger partial charge in [-0.25, -0.2) is 13.4 Å². The van der Waals surface area contributed by atoms with E-state index in [9.17, 15) is 8.42 Å². The van der Waals surface area contributed by atoms with E-state index in [2.05, 4.69) is 10.3 Å². The second kappa shape index (κ2) is 4.64. The van der Waals surface area contributed by atoms with E-state index in [0.717, 1.165) is 28.2 Å². The molecule has 1 saturated heterocycles. The van der Waals surface area contributed by atoms with Crippen molar-refractivity contribution >= 4 is 42.2 Å². The number of anilines is 2. The van der Waals surface area contributed by atoms with Crippen LogP contribution in [0.4, 0.5) is 10.8 Å². The molecular weight excluding hydrogens is 282 g/mol. The molecule has 19 heavy (non-hydrogen) atoms. The lowest BCUT2D eigenvalue weighted by Crippen LogP contribution is -2.34. The topological polar surface area (TPSA) is 85.1 Å². The Kier molecular flexibility index (Phi) is 3.10. The molecule has 1 atom stereocenters. The minimum atomic E-state index is -2.89. The molecule has 0 spiro atoms. The first-order valence-corrected chi connectivity index (χ1v) is 8.79. The van der Waals surface area contributed by atoms with E-state index < -0.39 is 9.84 Å². The summed E-state index contributed by atoms with van der Waals surface area (Å²) in [5, 5.41) is 4.00. The first-order valence-electron chi connectivity index (χ1n) is 6.15. The van der Waals surface area contributed by atoms with Gasteiger partial charge in [-0.05, 0) is 31.0 Å². The van der Waals surface area contributed by atoms with Gasteiger partial charge in [-0.15, -0.1) is 0 Å². The number of sulfone groups is 1. The predicted molar refractivity (Wildman–Crippen MR) is 79.3 cm³/mol. The number of rotatable bonds is 2. The maximum Gasteiger partial charge on any atom is 0.184 e. The molecule has 7 heteroatoms. The Bertz CT molecular complexity index is 709. The van der Waals surface area contributed by atoms with Crippen LogP contribution in [0.5, 0.6) is 0 Å². The van der Waals surface area contributed by atoms with Gasteiger partial charge in [0.25, 0.3) is 0 Å². The molecule has 2 heterocycles. The van der Waals surface area contributed by atoms with Crippen molar-refractivity contribution in [2.45, 2.75) is 18.9 Å². The van der Waals surface area contributed by atoms with Crippen LogP contribution < -0.4 is 11.1 Å². The Hall–Kier alpha value is -1.34. The number of hydrogen-bond donors (Lipinski definition) is 2. The lowest BCUT2D eigenvalue weighted by molar-refractivity contribution is 0.562. The average molecular weight is 297 g/mol. The van der Waals surface area contributed by atoms with E-state index in [1.165, 1.54) is 11.3 Å². The van der Waals surface area contributed by atoms with Gasteiger partial charge in [0.15, 0.2) is 15.0 Å². The summed E-state index contributed by atoms with van der Waals surface area (Å²) in [7, 11) is -2.89. The third kappa shape index (κ3) is 2.82. The van der Waals surface area contributed by atoms with Crippen LogP contribution in [0.2, 0.25) is 0 Å². The normalized spacial score (nSPS) is 22.4. The Labute approximate surface area is 115 Å². The first kappa shape index (κ1) is 12.7. The summed E-state index contributed by atoms with van der Waals surface area (Å²) in [6.45, 7) is 0.